The predicted octanol–water partition coefficient (Wildman–Crippen LogP) is 6.52. The first-order valence-electron chi connectivity index (χ1n) is 14.5. The lowest BCUT2D eigenvalue weighted by Crippen LogP contribution is -2.34. The first-order valence-corrected chi connectivity index (χ1v) is 14.5. The number of hydrogen-bond acceptors (Lipinski definition) is 4. The van der Waals surface area contributed by atoms with Crippen molar-refractivity contribution in [2.75, 3.05) is 13.1 Å². The van der Waals surface area contributed by atoms with Gasteiger partial charge in [-0.05, 0) is 64.2 Å². The molecule has 2 N–H and O–H groups in total. The van der Waals surface area contributed by atoms with E-state index in [1.54, 1.807) is 6.92 Å². The van der Waals surface area contributed by atoms with E-state index in [1.807, 2.05) is 0 Å². The Hall–Kier alpha value is -3.74. The van der Waals surface area contributed by atoms with Crippen LogP contribution in [0.4, 0.5) is 0 Å². The van der Waals surface area contributed by atoms with Gasteiger partial charge in [0.25, 0.3) is 5.91 Å². The summed E-state index contributed by atoms with van der Waals surface area (Å²) in [6, 6.07) is 0. The number of amides is 2. The zero-order valence-electron chi connectivity index (χ0n) is 24.4. The monoisotopic (exact) mass is 548 g/mol. The largest absolute Gasteiger partial charge is 0.618 e. The molecule has 218 valence electrons. The third kappa shape index (κ3) is 19.3. The van der Waals surface area contributed by atoms with Gasteiger partial charge in [0, 0.05) is 26.4 Å². The van der Waals surface area contributed by atoms with Crippen LogP contribution in [-0.4, -0.2) is 29.9 Å². The van der Waals surface area contributed by atoms with Crippen molar-refractivity contribution in [2.24, 2.45) is 0 Å². The molecule has 0 fully saturated rings. The Morgan fingerprint density at radius 3 is 1.80 bits per heavy atom. The molecule has 40 heavy (non-hydrogen) atoms. The van der Waals surface area contributed by atoms with Crippen molar-refractivity contribution in [3.05, 3.63) is 102 Å². The van der Waals surface area contributed by atoms with Crippen molar-refractivity contribution in [3.63, 3.8) is 0 Å². The summed E-state index contributed by atoms with van der Waals surface area (Å²) in [5, 5.41) is 17.2. The molecule has 7 nitrogen and oxygen atoms in total. The molecule has 0 aromatic carbocycles. The molecule has 1 aromatic heterocycles. The predicted molar refractivity (Wildman–Crippen MR) is 165 cm³/mol. The van der Waals surface area contributed by atoms with Crippen molar-refractivity contribution in [1.29, 1.82) is 0 Å². The highest BCUT2D eigenvalue weighted by Gasteiger charge is 2.11. The number of nitrogens with zero attached hydrogens (tertiary/aromatic N) is 2. The maximum atomic E-state index is 12.0. The fourth-order valence-corrected chi connectivity index (χ4v) is 3.47. The molecule has 0 aliphatic heterocycles. The summed E-state index contributed by atoms with van der Waals surface area (Å²) in [5.74, 6) is -0.295. The fourth-order valence-electron chi connectivity index (χ4n) is 3.47. The Kier molecular flexibility index (Phi) is 20.8. The molecule has 0 unspecified atom stereocenters. The minimum atomic E-state index is -0.354. The van der Waals surface area contributed by atoms with Gasteiger partial charge in [-0.1, -0.05) is 79.8 Å². The van der Waals surface area contributed by atoms with Gasteiger partial charge in [-0.15, -0.1) is 0 Å². The van der Waals surface area contributed by atoms with Gasteiger partial charge in [-0.2, -0.15) is 4.73 Å². The number of rotatable bonds is 21. The number of aromatic nitrogens is 2. The van der Waals surface area contributed by atoms with Gasteiger partial charge >= 0.3 is 0 Å². The summed E-state index contributed by atoms with van der Waals surface area (Å²) in [7, 11) is 0. The minimum Gasteiger partial charge on any atom is -0.618 e. The Bertz CT molecular complexity index is 1020. The van der Waals surface area contributed by atoms with E-state index in [-0.39, 0.29) is 17.5 Å². The summed E-state index contributed by atoms with van der Waals surface area (Å²) in [5.41, 5.74) is 0.552. The molecule has 0 saturated carbocycles. The average Bonchev–Trinajstić information content (AvgIpc) is 2.95. The van der Waals surface area contributed by atoms with E-state index in [2.05, 4.69) is 95.5 Å². The van der Waals surface area contributed by atoms with E-state index in [0.29, 0.717) is 29.9 Å². The van der Waals surface area contributed by atoms with Crippen molar-refractivity contribution in [2.45, 2.75) is 84.5 Å². The van der Waals surface area contributed by atoms with Crippen molar-refractivity contribution in [1.82, 2.24) is 15.6 Å². The molecule has 0 atom stereocenters. The van der Waals surface area contributed by atoms with Crippen molar-refractivity contribution >= 4 is 11.8 Å². The normalized spacial score (nSPS) is 12.2. The number of hydrogen-bond donors (Lipinski definition) is 2. The van der Waals surface area contributed by atoms with Crippen LogP contribution in [0.3, 0.4) is 0 Å². The second-order valence-corrected chi connectivity index (χ2v) is 9.36. The van der Waals surface area contributed by atoms with Gasteiger partial charge in [0.2, 0.25) is 17.8 Å². The van der Waals surface area contributed by atoms with Crippen LogP contribution in [0.25, 0.3) is 0 Å². The van der Waals surface area contributed by atoms with Crippen LogP contribution < -0.4 is 15.4 Å². The molecule has 0 aliphatic carbocycles. The van der Waals surface area contributed by atoms with Gasteiger partial charge in [-0.25, -0.2) is 4.98 Å². The Morgan fingerprint density at radius 1 is 0.775 bits per heavy atom. The lowest BCUT2D eigenvalue weighted by atomic mass is 10.2. The minimum absolute atomic E-state index is 0.0594. The second-order valence-electron chi connectivity index (χ2n) is 9.36. The number of carbonyl (C=O) groups is 2. The molecule has 1 aromatic rings. The highest BCUT2D eigenvalue weighted by Crippen LogP contribution is 1.99. The van der Waals surface area contributed by atoms with Crippen LogP contribution in [0.5, 0.6) is 0 Å². The van der Waals surface area contributed by atoms with Crippen LogP contribution in [-0.2, 0) is 4.79 Å². The number of unbranched alkanes of at least 4 members (excludes halogenated alkanes) is 2. The zero-order valence-corrected chi connectivity index (χ0v) is 24.4. The molecule has 1 heterocycles. The summed E-state index contributed by atoms with van der Waals surface area (Å²) < 4.78 is 0.632. The van der Waals surface area contributed by atoms with Crippen molar-refractivity contribution in [3.8, 4) is 0 Å². The molecule has 0 saturated heterocycles. The summed E-state index contributed by atoms with van der Waals surface area (Å²) in [6.07, 6.45) is 38.2. The van der Waals surface area contributed by atoms with E-state index >= 15 is 0 Å². The van der Waals surface area contributed by atoms with Crippen LogP contribution in [0.1, 0.15) is 93.7 Å². The molecule has 0 bridgehead atoms. The van der Waals surface area contributed by atoms with E-state index in [9.17, 15) is 14.8 Å². The number of aryl methyl sites for hydroxylation is 1. The first-order chi connectivity index (χ1) is 19.5. The lowest BCUT2D eigenvalue weighted by Gasteiger charge is -2.06. The molecule has 2 amide bonds. The SMILES string of the molecule is CC/C=C\C/C=C\C/C=C\C/C=C\C/C=C\C/C=C\CCC(=O)NCCCCCNC(=O)c1c[n+]([O-])c(C)cn1. The van der Waals surface area contributed by atoms with Gasteiger partial charge in [0.1, 0.15) is 0 Å². The standard InChI is InChI=1S/C33H48N4O3/c1-3-4-5-6-7-8-9-10-11-12-13-14-15-16-17-18-19-20-22-25-32(38)34-26-23-21-24-27-35-33(39)31-29-37(40)30(2)28-36-31/h4-5,7-8,10-11,13-14,16-17,19-20,28-29H,3,6,9,12,15,18,21-27H2,1-2H3,(H,34,38)(H,35,39)/b5-4-,8-7-,11-10-,14-13-,17-16-,20-19-. The quantitative estimate of drug-likeness (QED) is 0.0791. The maximum Gasteiger partial charge on any atom is 0.276 e. The molecule has 0 radical (unpaired) electrons. The highest BCUT2D eigenvalue weighted by atomic mass is 16.5. The third-order valence-electron chi connectivity index (χ3n) is 5.81. The van der Waals surface area contributed by atoms with Gasteiger partial charge < -0.3 is 15.8 Å². The van der Waals surface area contributed by atoms with Crippen LogP contribution >= 0.6 is 0 Å². The second kappa shape index (κ2) is 24.3. The highest BCUT2D eigenvalue weighted by molar-refractivity contribution is 5.91. The third-order valence-corrected chi connectivity index (χ3v) is 5.81. The van der Waals surface area contributed by atoms with E-state index in [4.69, 9.17) is 0 Å². The molecular weight excluding hydrogens is 500 g/mol. The van der Waals surface area contributed by atoms with Crippen molar-refractivity contribution < 1.29 is 14.3 Å². The van der Waals surface area contributed by atoms with Crippen LogP contribution in [0.2, 0.25) is 0 Å². The van der Waals surface area contributed by atoms with Gasteiger partial charge in [-0.3, -0.25) is 9.59 Å². The number of nitrogens with one attached hydrogen (secondary N) is 2. The summed E-state index contributed by atoms with van der Waals surface area (Å²) >= 11 is 0. The molecule has 7 heteroatoms. The summed E-state index contributed by atoms with van der Waals surface area (Å²) in [6.45, 7) is 4.91. The Morgan fingerprint density at radius 2 is 1.27 bits per heavy atom. The zero-order chi connectivity index (χ0) is 29.1. The first kappa shape index (κ1) is 34.3. The Balaban J connectivity index is 1.95. The van der Waals surface area contributed by atoms with Crippen LogP contribution in [0, 0.1) is 12.1 Å². The Labute approximate surface area is 241 Å². The van der Waals surface area contributed by atoms with Gasteiger partial charge in [0.05, 0.1) is 6.20 Å². The van der Waals surface area contributed by atoms with Gasteiger partial charge in [0.15, 0.2) is 5.69 Å². The maximum absolute atomic E-state index is 12.0. The number of allylic oxidation sites excluding steroid dienone is 12. The average molecular weight is 549 g/mol. The summed E-state index contributed by atoms with van der Waals surface area (Å²) in [4.78, 5) is 27.9. The lowest BCUT2D eigenvalue weighted by molar-refractivity contribution is -0.613. The molecular formula is C33H48N4O3. The van der Waals surface area contributed by atoms with E-state index < -0.39 is 0 Å². The topological polar surface area (TPSA) is 98.0 Å². The molecule has 0 aliphatic rings. The van der Waals surface area contributed by atoms with E-state index in [1.165, 1.54) is 12.4 Å². The number of carbonyl (C=O) groups excluding carboxylic acids is 2. The fraction of sp³-hybridized carbons (Fsp3) is 0.455. The smallest absolute Gasteiger partial charge is 0.276 e. The molecule has 0 spiro atoms. The van der Waals surface area contributed by atoms with Crippen LogP contribution in [0.15, 0.2) is 85.3 Å². The molecule has 1 rings (SSSR count). The van der Waals surface area contributed by atoms with E-state index in [0.717, 1.165) is 64.2 Å².